The van der Waals surface area contributed by atoms with Crippen LogP contribution in [0.1, 0.15) is 12.8 Å². The molecule has 2 aliphatic heterocycles. The molecule has 17 heavy (non-hydrogen) atoms. The molecular weight excluding hydrogens is 240 g/mol. The molecule has 0 aromatic carbocycles. The van der Waals surface area contributed by atoms with Crippen LogP contribution in [-0.2, 0) is 4.79 Å². The summed E-state index contributed by atoms with van der Waals surface area (Å²) in [5, 5.41) is 8.90. The van der Waals surface area contributed by atoms with E-state index in [0.29, 0.717) is 25.9 Å². The van der Waals surface area contributed by atoms with Crippen molar-refractivity contribution in [1.82, 2.24) is 9.80 Å². The lowest BCUT2D eigenvalue weighted by Crippen LogP contribution is -2.49. The number of rotatable bonds is 1. The first-order valence-electron chi connectivity index (χ1n) is 6.03. The van der Waals surface area contributed by atoms with Crippen molar-refractivity contribution < 1.29 is 14.7 Å². The molecule has 2 fully saturated rings. The van der Waals surface area contributed by atoms with E-state index in [0.717, 1.165) is 24.6 Å². The van der Waals surface area contributed by atoms with Gasteiger partial charge in [0.25, 0.3) is 0 Å². The number of urea groups is 1. The van der Waals surface area contributed by atoms with Crippen LogP contribution in [0.2, 0.25) is 0 Å². The van der Waals surface area contributed by atoms with Crippen molar-refractivity contribution in [2.75, 3.05) is 37.7 Å². The van der Waals surface area contributed by atoms with Crippen LogP contribution in [0.25, 0.3) is 0 Å². The Balaban J connectivity index is 1.83. The van der Waals surface area contributed by atoms with Crippen LogP contribution in [0.15, 0.2) is 0 Å². The number of carbonyl (C=O) groups excluding carboxylic acids is 1. The number of carboxylic acids is 1. The van der Waals surface area contributed by atoms with Crippen molar-refractivity contribution >= 4 is 23.8 Å². The second kappa shape index (κ2) is 5.62. The summed E-state index contributed by atoms with van der Waals surface area (Å²) in [6.07, 6.45) is 1.17. The van der Waals surface area contributed by atoms with Gasteiger partial charge in [0.2, 0.25) is 0 Å². The van der Waals surface area contributed by atoms with Crippen LogP contribution >= 0.6 is 11.8 Å². The number of aliphatic carboxylic acids is 1. The summed E-state index contributed by atoms with van der Waals surface area (Å²) in [6.45, 7) is 2.81. The number of nitrogens with zero attached hydrogens (tertiary/aromatic N) is 2. The molecule has 2 saturated heterocycles. The Morgan fingerprint density at radius 2 is 1.53 bits per heavy atom. The normalized spacial score (nSPS) is 22.6. The Morgan fingerprint density at radius 1 is 1.00 bits per heavy atom. The summed E-state index contributed by atoms with van der Waals surface area (Å²) >= 11 is 1.88. The molecule has 5 nitrogen and oxygen atoms in total. The Bertz CT molecular complexity index is 297. The maximum absolute atomic E-state index is 12.1. The number of piperidine rings is 1. The van der Waals surface area contributed by atoms with E-state index < -0.39 is 5.97 Å². The van der Waals surface area contributed by atoms with Gasteiger partial charge in [0.15, 0.2) is 0 Å². The molecule has 0 spiro atoms. The van der Waals surface area contributed by atoms with Gasteiger partial charge in [0, 0.05) is 37.7 Å². The van der Waals surface area contributed by atoms with E-state index in [1.165, 1.54) is 0 Å². The zero-order valence-corrected chi connectivity index (χ0v) is 10.6. The van der Waals surface area contributed by atoms with E-state index in [1.54, 1.807) is 4.90 Å². The van der Waals surface area contributed by atoms with Crippen molar-refractivity contribution in [3.05, 3.63) is 0 Å². The van der Waals surface area contributed by atoms with Gasteiger partial charge in [-0.05, 0) is 12.8 Å². The van der Waals surface area contributed by atoms with Crippen molar-refractivity contribution in [2.24, 2.45) is 5.92 Å². The minimum Gasteiger partial charge on any atom is -0.481 e. The maximum Gasteiger partial charge on any atom is 0.320 e. The van der Waals surface area contributed by atoms with E-state index in [-0.39, 0.29) is 11.9 Å². The highest BCUT2D eigenvalue weighted by molar-refractivity contribution is 7.99. The zero-order chi connectivity index (χ0) is 12.3. The smallest absolute Gasteiger partial charge is 0.320 e. The summed E-state index contributed by atoms with van der Waals surface area (Å²) in [5.74, 6) is 1.02. The second-order valence-electron chi connectivity index (χ2n) is 4.48. The monoisotopic (exact) mass is 258 g/mol. The van der Waals surface area contributed by atoms with Gasteiger partial charge in [-0.15, -0.1) is 0 Å². The largest absolute Gasteiger partial charge is 0.481 e. The Kier molecular flexibility index (Phi) is 4.15. The summed E-state index contributed by atoms with van der Waals surface area (Å²) in [5.41, 5.74) is 0. The van der Waals surface area contributed by atoms with Gasteiger partial charge in [0.1, 0.15) is 0 Å². The van der Waals surface area contributed by atoms with E-state index in [2.05, 4.69) is 0 Å². The fraction of sp³-hybridized carbons (Fsp3) is 0.818. The first kappa shape index (κ1) is 12.5. The van der Waals surface area contributed by atoms with Gasteiger partial charge in [-0.1, -0.05) is 0 Å². The Hall–Kier alpha value is -0.910. The first-order chi connectivity index (χ1) is 8.18. The zero-order valence-electron chi connectivity index (χ0n) is 9.80. The molecule has 0 radical (unpaired) electrons. The minimum absolute atomic E-state index is 0.0918. The Labute approximate surface area is 105 Å². The lowest BCUT2D eigenvalue weighted by Gasteiger charge is -2.36. The molecule has 2 heterocycles. The highest BCUT2D eigenvalue weighted by atomic mass is 32.2. The highest BCUT2D eigenvalue weighted by Gasteiger charge is 2.29. The van der Waals surface area contributed by atoms with Gasteiger partial charge >= 0.3 is 12.0 Å². The lowest BCUT2D eigenvalue weighted by atomic mass is 9.97. The fourth-order valence-corrected chi connectivity index (χ4v) is 3.18. The average Bonchev–Trinajstić information content (AvgIpc) is 2.39. The van der Waals surface area contributed by atoms with E-state index in [9.17, 15) is 9.59 Å². The van der Waals surface area contributed by atoms with E-state index in [1.807, 2.05) is 16.7 Å². The third kappa shape index (κ3) is 3.06. The topological polar surface area (TPSA) is 60.9 Å². The van der Waals surface area contributed by atoms with Crippen LogP contribution in [0.3, 0.4) is 0 Å². The van der Waals surface area contributed by atoms with Gasteiger partial charge in [-0.2, -0.15) is 11.8 Å². The number of hydrogen-bond donors (Lipinski definition) is 1. The molecule has 0 unspecified atom stereocenters. The maximum atomic E-state index is 12.1. The van der Waals surface area contributed by atoms with Crippen molar-refractivity contribution in [3.8, 4) is 0 Å². The predicted molar refractivity (Wildman–Crippen MR) is 66.2 cm³/mol. The summed E-state index contributed by atoms with van der Waals surface area (Å²) < 4.78 is 0. The minimum atomic E-state index is -0.730. The van der Waals surface area contributed by atoms with Gasteiger partial charge in [-0.25, -0.2) is 4.79 Å². The quantitative estimate of drug-likeness (QED) is 0.761. The molecule has 2 amide bonds. The standard InChI is InChI=1S/C11H18N2O3S/c14-10(15)9-1-3-12(4-2-9)11(16)13-5-7-17-8-6-13/h9H,1-8H2,(H,14,15). The summed E-state index contributed by atoms with van der Waals surface area (Å²) in [6, 6.07) is 0.0918. The van der Waals surface area contributed by atoms with Gasteiger partial charge in [-0.3, -0.25) is 4.79 Å². The molecule has 0 bridgehead atoms. The molecule has 0 aromatic rings. The van der Waals surface area contributed by atoms with Crippen molar-refractivity contribution in [1.29, 1.82) is 0 Å². The predicted octanol–water partition coefficient (Wildman–Crippen LogP) is 0.952. The number of amides is 2. The molecule has 2 aliphatic rings. The van der Waals surface area contributed by atoms with Crippen LogP contribution < -0.4 is 0 Å². The SMILES string of the molecule is O=C(O)C1CCN(C(=O)N2CCSCC2)CC1. The third-order valence-electron chi connectivity index (χ3n) is 3.40. The second-order valence-corrected chi connectivity index (χ2v) is 5.71. The number of hydrogen-bond acceptors (Lipinski definition) is 3. The average molecular weight is 258 g/mol. The van der Waals surface area contributed by atoms with E-state index in [4.69, 9.17) is 5.11 Å². The summed E-state index contributed by atoms with van der Waals surface area (Å²) in [4.78, 5) is 26.6. The molecule has 2 rings (SSSR count). The number of carbonyl (C=O) groups is 2. The van der Waals surface area contributed by atoms with E-state index >= 15 is 0 Å². The first-order valence-corrected chi connectivity index (χ1v) is 7.18. The molecule has 1 N–H and O–H groups in total. The van der Waals surface area contributed by atoms with Crippen LogP contribution in [-0.4, -0.2) is 64.6 Å². The third-order valence-corrected chi connectivity index (χ3v) is 4.34. The number of carboxylic acid groups (broad SMARTS) is 1. The van der Waals surface area contributed by atoms with Crippen LogP contribution in [0.5, 0.6) is 0 Å². The van der Waals surface area contributed by atoms with Crippen LogP contribution in [0.4, 0.5) is 4.79 Å². The number of likely N-dealkylation sites (tertiary alicyclic amines) is 1. The highest BCUT2D eigenvalue weighted by Crippen LogP contribution is 2.19. The lowest BCUT2D eigenvalue weighted by molar-refractivity contribution is -0.143. The van der Waals surface area contributed by atoms with Crippen molar-refractivity contribution in [2.45, 2.75) is 12.8 Å². The molecule has 0 aromatic heterocycles. The molecular formula is C11H18N2O3S. The molecule has 0 aliphatic carbocycles. The molecule has 0 atom stereocenters. The molecule has 6 heteroatoms. The van der Waals surface area contributed by atoms with Gasteiger partial charge in [0.05, 0.1) is 5.92 Å². The summed E-state index contributed by atoms with van der Waals surface area (Å²) in [7, 11) is 0. The molecule has 0 saturated carbocycles. The fourth-order valence-electron chi connectivity index (χ4n) is 2.27. The molecule has 96 valence electrons. The number of thioether (sulfide) groups is 1. The van der Waals surface area contributed by atoms with Crippen molar-refractivity contribution in [3.63, 3.8) is 0 Å². The van der Waals surface area contributed by atoms with Crippen LogP contribution in [0, 0.1) is 5.92 Å². The Morgan fingerprint density at radius 3 is 2.06 bits per heavy atom. The van der Waals surface area contributed by atoms with Gasteiger partial charge < -0.3 is 14.9 Å².